The third-order valence-electron chi connectivity index (χ3n) is 4.09. The molecule has 1 aliphatic carbocycles. The summed E-state index contributed by atoms with van der Waals surface area (Å²) in [6.45, 7) is 0.483. The minimum absolute atomic E-state index is 0.243. The molecule has 2 unspecified atom stereocenters. The van der Waals surface area contributed by atoms with Crippen molar-refractivity contribution in [2.75, 3.05) is 6.54 Å². The van der Waals surface area contributed by atoms with E-state index in [0.717, 1.165) is 31.2 Å². The normalized spacial score (nSPS) is 28.3. The molecular weight excluding hydrogens is 269 g/mol. The molecule has 2 nitrogen and oxygen atoms in total. The summed E-state index contributed by atoms with van der Waals surface area (Å²) in [6, 6.07) is 5.63. The molecule has 100 valence electrons. The van der Waals surface area contributed by atoms with Crippen LogP contribution in [0.15, 0.2) is 18.2 Å². The Balaban J connectivity index is 2.27. The van der Waals surface area contributed by atoms with Crippen molar-refractivity contribution in [1.29, 1.82) is 0 Å². The minimum atomic E-state index is -0.341. The Kier molecular flexibility index (Phi) is 4.54. The quantitative estimate of drug-likeness (QED) is 0.895. The van der Waals surface area contributed by atoms with E-state index < -0.39 is 0 Å². The first-order chi connectivity index (χ1) is 8.59. The molecule has 4 heteroatoms. The Morgan fingerprint density at radius 3 is 2.78 bits per heavy atom. The molecule has 0 aromatic heterocycles. The van der Waals surface area contributed by atoms with E-state index in [1.165, 1.54) is 0 Å². The maximum Gasteiger partial charge on any atom is 0.0624 e. The van der Waals surface area contributed by atoms with Crippen LogP contribution in [0.25, 0.3) is 0 Å². The molecule has 0 saturated heterocycles. The third-order valence-corrected chi connectivity index (χ3v) is 4.95. The second kappa shape index (κ2) is 5.79. The van der Waals surface area contributed by atoms with Crippen molar-refractivity contribution in [2.24, 2.45) is 11.1 Å². The molecule has 1 fully saturated rings. The number of hydrogen-bond acceptors (Lipinski definition) is 2. The fourth-order valence-electron chi connectivity index (χ4n) is 2.87. The predicted octanol–water partition coefficient (Wildman–Crippen LogP) is 3.42. The summed E-state index contributed by atoms with van der Waals surface area (Å²) in [5, 5.41) is 11.4. The Hall–Kier alpha value is -0.280. The summed E-state index contributed by atoms with van der Waals surface area (Å²) < 4.78 is 0. The first kappa shape index (κ1) is 14.1. The lowest BCUT2D eigenvalue weighted by Crippen LogP contribution is -2.45. The molecule has 18 heavy (non-hydrogen) atoms. The van der Waals surface area contributed by atoms with Gasteiger partial charge >= 0.3 is 0 Å². The van der Waals surface area contributed by atoms with Crippen LogP contribution >= 0.6 is 23.2 Å². The molecule has 0 spiro atoms. The van der Waals surface area contributed by atoms with Crippen molar-refractivity contribution in [3.8, 4) is 0 Å². The topological polar surface area (TPSA) is 46.2 Å². The van der Waals surface area contributed by atoms with Crippen molar-refractivity contribution in [1.82, 2.24) is 0 Å². The molecule has 1 aromatic rings. The van der Waals surface area contributed by atoms with Gasteiger partial charge in [0.15, 0.2) is 0 Å². The molecule has 0 bridgehead atoms. The summed E-state index contributed by atoms with van der Waals surface area (Å²) in [6.07, 6.45) is 4.33. The van der Waals surface area contributed by atoms with Crippen molar-refractivity contribution in [3.05, 3.63) is 33.8 Å². The van der Waals surface area contributed by atoms with Gasteiger partial charge in [-0.25, -0.2) is 0 Å². The molecule has 0 radical (unpaired) electrons. The van der Waals surface area contributed by atoms with Gasteiger partial charge in [-0.05, 0) is 30.9 Å². The van der Waals surface area contributed by atoms with Gasteiger partial charge in [-0.1, -0.05) is 48.2 Å². The standard InChI is InChI=1S/C14H19Cl2NO/c15-11-5-3-4-10(13(11)16)8-14(9-17)7-2-1-6-12(14)18/h3-5,12,18H,1-2,6-9,17H2. The lowest BCUT2D eigenvalue weighted by molar-refractivity contribution is -0.00583. The van der Waals surface area contributed by atoms with Gasteiger partial charge in [0.25, 0.3) is 0 Å². The smallest absolute Gasteiger partial charge is 0.0624 e. The van der Waals surface area contributed by atoms with Crippen LogP contribution in [-0.4, -0.2) is 17.8 Å². The number of aliphatic hydroxyl groups is 1. The molecule has 2 rings (SSSR count). The average molecular weight is 288 g/mol. The van der Waals surface area contributed by atoms with Crippen molar-refractivity contribution in [2.45, 2.75) is 38.2 Å². The number of halogens is 2. The summed E-state index contributed by atoms with van der Waals surface area (Å²) >= 11 is 12.3. The Bertz CT molecular complexity index is 424. The number of benzene rings is 1. The molecule has 1 saturated carbocycles. The second-order valence-corrected chi connectivity index (χ2v) is 6.00. The first-order valence-corrected chi connectivity index (χ1v) is 7.16. The maximum absolute atomic E-state index is 10.3. The zero-order valence-corrected chi connectivity index (χ0v) is 11.8. The van der Waals surface area contributed by atoms with Crippen LogP contribution in [0.2, 0.25) is 10.0 Å². The van der Waals surface area contributed by atoms with Gasteiger partial charge in [0.2, 0.25) is 0 Å². The second-order valence-electron chi connectivity index (χ2n) is 5.22. The third kappa shape index (κ3) is 2.67. The van der Waals surface area contributed by atoms with Crippen LogP contribution in [0.1, 0.15) is 31.2 Å². The highest BCUT2D eigenvalue weighted by molar-refractivity contribution is 6.42. The van der Waals surface area contributed by atoms with E-state index in [4.69, 9.17) is 28.9 Å². The highest BCUT2D eigenvalue weighted by Crippen LogP contribution is 2.40. The summed E-state index contributed by atoms with van der Waals surface area (Å²) in [4.78, 5) is 0. The van der Waals surface area contributed by atoms with Gasteiger partial charge in [0, 0.05) is 12.0 Å². The van der Waals surface area contributed by atoms with E-state index in [9.17, 15) is 5.11 Å². The van der Waals surface area contributed by atoms with Crippen LogP contribution < -0.4 is 5.73 Å². The van der Waals surface area contributed by atoms with Gasteiger partial charge < -0.3 is 10.8 Å². The van der Waals surface area contributed by atoms with Gasteiger partial charge in [0.1, 0.15) is 0 Å². The van der Waals surface area contributed by atoms with Gasteiger partial charge in [-0.3, -0.25) is 0 Å². The molecule has 0 aliphatic heterocycles. The molecule has 1 aromatic carbocycles. The summed E-state index contributed by atoms with van der Waals surface area (Å²) in [5.74, 6) is 0. The van der Waals surface area contributed by atoms with E-state index in [0.29, 0.717) is 23.0 Å². The van der Waals surface area contributed by atoms with Crippen LogP contribution in [-0.2, 0) is 6.42 Å². The maximum atomic E-state index is 10.3. The van der Waals surface area contributed by atoms with E-state index in [1.54, 1.807) is 6.07 Å². The van der Waals surface area contributed by atoms with Gasteiger partial charge in [-0.15, -0.1) is 0 Å². The van der Waals surface area contributed by atoms with E-state index >= 15 is 0 Å². The summed E-state index contributed by atoms with van der Waals surface area (Å²) in [7, 11) is 0. The van der Waals surface area contributed by atoms with Crippen molar-refractivity contribution >= 4 is 23.2 Å². The number of rotatable bonds is 3. The monoisotopic (exact) mass is 287 g/mol. The Morgan fingerprint density at radius 2 is 2.11 bits per heavy atom. The van der Waals surface area contributed by atoms with Crippen molar-refractivity contribution in [3.63, 3.8) is 0 Å². The molecule has 2 atom stereocenters. The molecule has 3 N–H and O–H groups in total. The first-order valence-electron chi connectivity index (χ1n) is 6.40. The lowest BCUT2D eigenvalue weighted by atomic mass is 9.68. The largest absolute Gasteiger partial charge is 0.392 e. The number of nitrogens with two attached hydrogens (primary N) is 1. The molecular formula is C14H19Cl2NO. The SMILES string of the molecule is NCC1(Cc2cccc(Cl)c2Cl)CCCCC1O. The highest BCUT2D eigenvalue weighted by atomic mass is 35.5. The predicted molar refractivity (Wildman–Crippen MR) is 76.1 cm³/mol. The van der Waals surface area contributed by atoms with E-state index in [-0.39, 0.29) is 11.5 Å². The Morgan fingerprint density at radius 1 is 1.33 bits per heavy atom. The molecule has 1 aliphatic rings. The fraction of sp³-hybridized carbons (Fsp3) is 0.571. The van der Waals surface area contributed by atoms with E-state index in [1.807, 2.05) is 12.1 Å². The lowest BCUT2D eigenvalue weighted by Gasteiger charge is -2.41. The van der Waals surface area contributed by atoms with Crippen LogP contribution in [0.4, 0.5) is 0 Å². The van der Waals surface area contributed by atoms with Crippen LogP contribution in [0, 0.1) is 5.41 Å². The van der Waals surface area contributed by atoms with Crippen LogP contribution in [0.5, 0.6) is 0 Å². The summed E-state index contributed by atoms with van der Waals surface area (Å²) in [5.41, 5.74) is 6.67. The zero-order chi connectivity index (χ0) is 13.2. The Labute approximate surface area is 118 Å². The minimum Gasteiger partial charge on any atom is -0.392 e. The molecule has 0 amide bonds. The number of hydrogen-bond donors (Lipinski definition) is 2. The van der Waals surface area contributed by atoms with E-state index in [2.05, 4.69) is 0 Å². The molecule has 0 heterocycles. The zero-order valence-electron chi connectivity index (χ0n) is 10.3. The highest BCUT2D eigenvalue weighted by Gasteiger charge is 2.39. The van der Waals surface area contributed by atoms with Crippen molar-refractivity contribution < 1.29 is 5.11 Å². The van der Waals surface area contributed by atoms with Gasteiger partial charge in [0.05, 0.1) is 16.1 Å². The van der Waals surface area contributed by atoms with Gasteiger partial charge in [-0.2, -0.15) is 0 Å². The van der Waals surface area contributed by atoms with Crippen LogP contribution in [0.3, 0.4) is 0 Å². The number of aliphatic hydroxyl groups excluding tert-OH is 1. The average Bonchev–Trinajstić information content (AvgIpc) is 2.38. The fourth-order valence-corrected chi connectivity index (χ4v) is 3.26.